The molecule has 3 N–H and O–H groups in total. The summed E-state index contributed by atoms with van der Waals surface area (Å²) in [5, 5.41) is 22.9. The van der Waals surface area contributed by atoms with E-state index < -0.39 is 12.1 Å². The summed E-state index contributed by atoms with van der Waals surface area (Å²) in [5.74, 6) is -0.0414. The molecule has 0 aromatic heterocycles. The molecule has 0 saturated carbocycles. The molecule has 0 fully saturated rings. The number of nitrogens with one attached hydrogen (secondary N) is 1. The fourth-order valence-corrected chi connectivity index (χ4v) is 7.01. The average molecular weight is 666 g/mol. The number of aliphatic hydroxyl groups is 2. The fourth-order valence-electron chi connectivity index (χ4n) is 7.01. The Labute approximate surface area is 295 Å². The molecule has 0 aliphatic rings. The minimum Gasteiger partial charge on any atom is -0.394 e. The van der Waals surface area contributed by atoms with Crippen LogP contribution in [0.15, 0.2) is 0 Å². The molecule has 1 amide bonds. The van der Waals surface area contributed by atoms with Crippen molar-refractivity contribution in [1.29, 1.82) is 0 Å². The second kappa shape index (κ2) is 39.8. The SMILES string of the molecule is CCCCCCCCCCCCCCCCCCCCCCCCCCCCCCCCC(O)C(CO)NC(=O)CCCCCCC. The Hall–Kier alpha value is -0.610. The molecule has 0 saturated heterocycles. The van der Waals surface area contributed by atoms with Gasteiger partial charge in [-0.05, 0) is 12.8 Å². The monoisotopic (exact) mass is 666 g/mol. The van der Waals surface area contributed by atoms with Crippen LogP contribution in [0.3, 0.4) is 0 Å². The quantitative estimate of drug-likeness (QED) is 0.0570. The molecule has 2 atom stereocenters. The minimum atomic E-state index is -0.650. The van der Waals surface area contributed by atoms with Gasteiger partial charge >= 0.3 is 0 Å². The molecule has 282 valence electrons. The second-order valence-corrected chi connectivity index (χ2v) is 15.1. The summed E-state index contributed by atoms with van der Waals surface area (Å²) in [5.41, 5.74) is 0. The molecular formula is C43H87NO3. The van der Waals surface area contributed by atoms with Crippen LogP contribution in [-0.4, -0.2) is 34.9 Å². The van der Waals surface area contributed by atoms with E-state index in [2.05, 4.69) is 19.2 Å². The van der Waals surface area contributed by atoms with Gasteiger partial charge in [0.25, 0.3) is 0 Å². The van der Waals surface area contributed by atoms with E-state index in [4.69, 9.17) is 0 Å². The number of amides is 1. The van der Waals surface area contributed by atoms with E-state index in [-0.39, 0.29) is 12.5 Å². The van der Waals surface area contributed by atoms with E-state index in [0.717, 1.165) is 25.7 Å². The molecule has 0 aliphatic carbocycles. The van der Waals surface area contributed by atoms with Gasteiger partial charge in [0.1, 0.15) is 0 Å². The first-order valence-corrected chi connectivity index (χ1v) is 21.7. The van der Waals surface area contributed by atoms with E-state index in [1.807, 2.05) is 0 Å². The summed E-state index contributed by atoms with van der Waals surface area (Å²) in [7, 11) is 0. The van der Waals surface area contributed by atoms with E-state index in [9.17, 15) is 15.0 Å². The van der Waals surface area contributed by atoms with Gasteiger partial charge in [0.2, 0.25) is 5.91 Å². The Morgan fingerprint density at radius 2 is 0.681 bits per heavy atom. The summed E-state index contributed by atoms with van der Waals surface area (Å²) < 4.78 is 0. The highest BCUT2D eigenvalue weighted by Crippen LogP contribution is 2.17. The highest BCUT2D eigenvalue weighted by molar-refractivity contribution is 5.76. The average Bonchev–Trinajstić information content (AvgIpc) is 3.07. The van der Waals surface area contributed by atoms with Crippen molar-refractivity contribution in [2.45, 2.75) is 264 Å². The number of unbranched alkanes of at least 4 members (excludes halogenated alkanes) is 33. The van der Waals surface area contributed by atoms with E-state index in [0.29, 0.717) is 12.8 Å². The zero-order valence-electron chi connectivity index (χ0n) is 32.3. The lowest BCUT2D eigenvalue weighted by atomic mass is 10.0. The van der Waals surface area contributed by atoms with E-state index in [1.165, 1.54) is 199 Å². The van der Waals surface area contributed by atoms with Crippen molar-refractivity contribution in [2.75, 3.05) is 6.61 Å². The van der Waals surface area contributed by atoms with Crippen molar-refractivity contribution in [3.8, 4) is 0 Å². The van der Waals surface area contributed by atoms with Crippen molar-refractivity contribution < 1.29 is 15.0 Å². The van der Waals surface area contributed by atoms with Gasteiger partial charge in [-0.2, -0.15) is 0 Å². The Morgan fingerprint density at radius 1 is 0.426 bits per heavy atom. The first kappa shape index (κ1) is 46.4. The van der Waals surface area contributed by atoms with Gasteiger partial charge < -0.3 is 15.5 Å². The van der Waals surface area contributed by atoms with Crippen LogP contribution in [0.1, 0.15) is 251 Å². The molecule has 2 unspecified atom stereocenters. The van der Waals surface area contributed by atoms with E-state index in [1.54, 1.807) is 0 Å². The smallest absolute Gasteiger partial charge is 0.220 e. The predicted molar refractivity (Wildman–Crippen MR) is 207 cm³/mol. The fraction of sp³-hybridized carbons (Fsp3) is 0.977. The summed E-state index contributed by atoms with van der Waals surface area (Å²) in [4.78, 5) is 12.1. The van der Waals surface area contributed by atoms with Crippen LogP contribution in [0.5, 0.6) is 0 Å². The highest BCUT2D eigenvalue weighted by Gasteiger charge is 2.19. The maximum atomic E-state index is 12.1. The van der Waals surface area contributed by atoms with Crippen molar-refractivity contribution in [1.82, 2.24) is 5.32 Å². The Balaban J connectivity index is 3.29. The van der Waals surface area contributed by atoms with Gasteiger partial charge in [-0.3, -0.25) is 4.79 Å². The number of rotatable bonds is 40. The third-order valence-corrected chi connectivity index (χ3v) is 10.4. The third kappa shape index (κ3) is 36.5. The number of carbonyl (C=O) groups is 1. The first-order valence-electron chi connectivity index (χ1n) is 21.7. The number of hydrogen-bond acceptors (Lipinski definition) is 3. The van der Waals surface area contributed by atoms with Crippen LogP contribution in [0, 0.1) is 0 Å². The summed E-state index contributed by atoms with van der Waals surface area (Å²) in [6.07, 6.45) is 48.1. The zero-order chi connectivity index (χ0) is 34.3. The molecule has 47 heavy (non-hydrogen) atoms. The summed E-state index contributed by atoms with van der Waals surface area (Å²) in [6.45, 7) is 4.29. The van der Waals surface area contributed by atoms with Crippen molar-refractivity contribution in [2.24, 2.45) is 0 Å². The molecule has 0 aromatic carbocycles. The molecular weight excluding hydrogens is 578 g/mol. The maximum absolute atomic E-state index is 12.1. The largest absolute Gasteiger partial charge is 0.394 e. The van der Waals surface area contributed by atoms with Crippen molar-refractivity contribution >= 4 is 5.91 Å². The normalized spacial score (nSPS) is 12.9. The molecule has 4 heteroatoms. The molecule has 4 nitrogen and oxygen atoms in total. The van der Waals surface area contributed by atoms with Crippen LogP contribution >= 0.6 is 0 Å². The van der Waals surface area contributed by atoms with E-state index >= 15 is 0 Å². The van der Waals surface area contributed by atoms with Gasteiger partial charge in [-0.1, -0.05) is 232 Å². The van der Waals surface area contributed by atoms with Gasteiger partial charge in [0.15, 0.2) is 0 Å². The van der Waals surface area contributed by atoms with Crippen LogP contribution in [0.2, 0.25) is 0 Å². The molecule has 0 spiro atoms. The minimum absolute atomic E-state index is 0.0414. The lowest BCUT2D eigenvalue weighted by molar-refractivity contribution is -0.123. The molecule has 0 bridgehead atoms. The lowest BCUT2D eigenvalue weighted by Gasteiger charge is -2.22. The van der Waals surface area contributed by atoms with Crippen molar-refractivity contribution in [3.05, 3.63) is 0 Å². The Bertz CT molecular complexity index is 598. The third-order valence-electron chi connectivity index (χ3n) is 10.4. The van der Waals surface area contributed by atoms with Gasteiger partial charge in [-0.15, -0.1) is 0 Å². The number of hydrogen-bond donors (Lipinski definition) is 3. The van der Waals surface area contributed by atoms with Crippen LogP contribution in [0.4, 0.5) is 0 Å². The standard InChI is InChI=1S/C43H87NO3/c1-3-5-7-9-10-11-12-13-14-15-16-17-18-19-20-21-22-23-24-25-26-27-28-29-30-31-32-33-35-36-38-42(46)41(40-45)44-43(47)39-37-34-8-6-4-2/h41-42,45-46H,3-40H2,1-2H3,(H,44,47). The van der Waals surface area contributed by atoms with Gasteiger partial charge in [-0.25, -0.2) is 0 Å². The second-order valence-electron chi connectivity index (χ2n) is 15.1. The molecule has 0 heterocycles. The van der Waals surface area contributed by atoms with Crippen LogP contribution in [-0.2, 0) is 4.79 Å². The first-order chi connectivity index (χ1) is 23.2. The molecule has 0 radical (unpaired) electrons. The maximum Gasteiger partial charge on any atom is 0.220 e. The predicted octanol–water partition coefficient (Wildman–Crippen LogP) is 13.3. The topological polar surface area (TPSA) is 69.6 Å². The molecule has 0 rings (SSSR count). The molecule has 0 aromatic rings. The number of carbonyl (C=O) groups excluding carboxylic acids is 1. The highest BCUT2D eigenvalue weighted by atomic mass is 16.3. The zero-order valence-corrected chi connectivity index (χ0v) is 32.3. The van der Waals surface area contributed by atoms with Crippen molar-refractivity contribution in [3.63, 3.8) is 0 Å². The van der Waals surface area contributed by atoms with Crippen LogP contribution in [0.25, 0.3) is 0 Å². The number of aliphatic hydroxyl groups excluding tert-OH is 2. The summed E-state index contributed by atoms with van der Waals surface area (Å²) in [6, 6.07) is -0.526. The summed E-state index contributed by atoms with van der Waals surface area (Å²) >= 11 is 0. The lowest BCUT2D eigenvalue weighted by Crippen LogP contribution is -2.45. The van der Waals surface area contributed by atoms with Gasteiger partial charge in [0, 0.05) is 6.42 Å². The molecule has 0 aliphatic heterocycles. The van der Waals surface area contributed by atoms with Gasteiger partial charge in [0.05, 0.1) is 18.8 Å². The Kier molecular flexibility index (Phi) is 39.3. The Morgan fingerprint density at radius 3 is 0.957 bits per heavy atom. The van der Waals surface area contributed by atoms with Crippen LogP contribution < -0.4 is 5.32 Å².